The Morgan fingerprint density at radius 3 is 2.31 bits per heavy atom. The molecule has 1 aliphatic heterocycles. The van der Waals surface area contributed by atoms with Gasteiger partial charge in [0.1, 0.15) is 5.82 Å². The number of benzene rings is 1. The van der Waals surface area contributed by atoms with E-state index in [0.29, 0.717) is 37.6 Å². The van der Waals surface area contributed by atoms with Crippen LogP contribution >= 0.6 is 0 Å². The number of hydrogen-bond acceptors (Lipinski definition) is 4. The molecule has 1 saturated heterocycles. The van der Waals surface area contributed by atoms with Gasteiger partial charge in [0.2, 0.25) is 5.91 Å². The molecular formula is C21H25F3N4O. The smallest absolute Gasteiger partial charge is 0.353 e. The van der Waals surface area contributed by atoms with Crippen LogP contribution in [0.25, 0.3) is 11.4 Å². The maximum atomic E-state index is 13.1. The Labute approximate surface area is 168 Å². The van der Waals surface area contributed by atoms with Crippen LogP contribution in [0.1, 0.15) is 30.7 Å². The van der Waals surface area contributed by atoms with Crippen LogP contribution in [0.3, 0.4) is 0 Å². The molecule has 0 bridgehead atoms. The Morgan fingerprint density at radius 1 is 1.07 bits per heavy atom. The maximum absolute atomic E-state index is 13.1. The Bertz CT molecular complexity index is 903. The van der Waals surface area contributed by atoms with Crippen molar-refractivity contribution in [2.24, 2.45) is 5.92 Å². The number of carbonyl (C=O) groups is 1. The first-order valence-electron chi connectivity index (χ1n) is 9.64. The third-order valence-electron chi connectivity index (χ3n) is 5.20. The minimum atomic E-state index is -4.42. The molecule has 3 rings (SSSR count). The zero-order valence-corrected chi connectivity index (χ0v) is 17.0. The number of anilines is 1. The normalized spacial score (nSPS) is 15.2. The van der Waals surface area contributed by atoms with Crippen LogP contribution in [0.15, 0.2) is 24.3 Å². The van der Waals surface area contributed by atoms with Gasteiger partial charge < -0.3 is 9.80 Å². The summed E-state index contributed by atoms with van der Waals surface area (Å²) in [6.07, 6.45) is -4.42. The standard InChI is InChI=1S/C21H25F3N4O/c1-13(2)20(29)28-10-8-27(9-11-28)19-14(3)15(4)25-18(26-19)16-6-5-7-17(12-16)21(22,23)24/h5-7,12-13H,8-11H2,1-4H3. The molecule has 156 valence electrons. The number of alkyl halides is 3. The molecule has 5 nitrogen and oxygen atoms in total. The maximum Gasteiger partial charge on any atom is 0.416 e. The van der Waals surface area contributed by atoms with Crippen LogP contribution in [0.4, 0.5) is 19.0 Å². The number of amides is 1. The number of halogens is 3. The lowest BCUT2D eigenvalue weighted by Crippen LogP contribution is -2.50. The van der Waals surface area contributed by atoms with Crippen LogP contribution in [0.5, 0.6) is 0 Å². The fourth-order valence-electron chi connectivity index (χ4n) is 3.39. The minimum Gasteiger partial charge on any atom is -0.353 e. The lowest BCUT2D eigenvalue weighted by atomic mass is 10.1. The number of carbonyl (C=O) groups excluding carboxylic acids is 1. The second kappa shape index (κ2) is 8.00. The van der Waals surface area contributed by atoms with Crippen molar-refractivity contribution in [1.29, 1.82) is 0 Å². The van der Waals surface area contributed by atoms with Gasteiger partial charge >= 0.3 is 6.18 Å². The van der Waals surface area contributed by atoms with Crippen molar-refractivity contribution in [3.63, 3.8) is 0 Å². The second-order valence-electron chi connectivity index (χ2n) is 7.63. The molecule has 0 unspecified atom stereocenters. The van der Waals surface area contributed by atoms with Gasteiger partial charge in [-0.2, -0.15) is 13.2 Å². The highest BCUT2D eigenvalue weighted by Gasteiger charge is 2.31. The zero-order chi connectivity index (χ0) is 21.3. The van der Waals surface area contributed by atoms with E-state index < -0.39 is 11.7 Å². The van der Waals surface area contributed by atoms with Gasteiger partial charge in [0.25, 0.3) is 0 Å². The van der Waals surface area contributed by atoms with Gasteiger partial charge in [-0.25, -0.2) is 9.97 Å². The molecule has 0 atom stereocenters. The molecule has 1 aliphatic rings. The summed E-state index contributed by atoms with van der Waals surface area (Å²) < 4.78 is 39.2. The molecule has 1 aromatic carbocycles. The predicted molar refractivity (Wildman–Crippen MR) is 106 cm³/mol. The van der Waals surface area contributed by atoms with E-state index in [1.807, 2.05) is 32.6 Å². The van der Waals surface area contributed by atoms with E-state index >= 15 is 0 Å². The number of aryl methyl sites for hydroxylation is 1. The third kappa shape index (κ3) is 4.52. The highest BCUT2D eigenvalue weighted by Crippen LogP contribution is 2.32. The molecule has 0 N–H and O–H groups in total. The van der Waals surface area contributed by atoms with Gasteiger partial charge in [-0.05, 0) is 26.0 Å². The van der Waals surface area contributed by atoms with Crippen LogP contribution in [0, 0.1) is 19.8 Å². The van der Waals surface area contributed by atoms with E-state index in [1.54, 1.807) is 6.07 Å². The highest BCUT2D eigenvalue weighted by atomic mass is 19.4. The lowest BCUT2D eigenvalue weighted by Gasteiger charge is -2.37. The summed E-state index contributed by atoms with van der Waals surface area (Å²) in [5.74, 6) is 1.07. The SMILES string of the molecule is Cc1nc(-c2cccc(C(F)(F)F)c2)nc(N2CCN(C(=O)C(C)C)CC2)c1C. The first-order chi connectivity index (χ1) is 13.6. The molecule has 0 radical (unpaired) electrons. The van der Waals surface area contributed by atoms with Gasteiger partial charge in [0, 0.05) is 48.9 Å². The summed E-state index contributed by atoms with van der Waals surface area (Å²) in [6.45, 7) is 9.94. The van der Waals surface area contributed by atoms with E-state index in [0.717, 1.165) is 23.4 Å². The van der Waals surface area contributed by atoms with Crippen molar-refractivity contribution in [3.8, 4) is 11.4 Å². The topological polar surface area (TPSA) is 49.3 Å². The average Bonchev–Trinajstić information content (AvgIpc) is 2.69. The third-order valence-corrected chi connectivity index (χ3v) is 5.20. The van der Waals surface area contributed by atoms with E-state index in [4.69, 9.17) is 0 Å². The molecule has 2 aromatic rings. The summed E-state index contributed by atoms with van der Waals surface area (Å²) in [5.41, 5.74) is 1.23. The van der Waals surface area contributed by atoms with Crippen LogP contribution in [-0.4, -0.2) is 47.0 Å². The largest absolute Gasteiger partial charge is 0.416 e. The number of nitrogens with zero attached hydrogens (tertiary/aromatic N) is 4. The van der Waals surface area contributed by atoms with Crippen LogP contribution < -0.4 is 4.90 Å². The van der Waals surface area contributed by atoms with Gasteiger partial charge in [0.05, 0.1) is 5.56 Å². The van der Waals surface area contributed by atoms with E-state index in [9.17, 15) is 18.0 Å². The van der Waals surface area contributed by atoms with E-state index in [2.05, 4.69) is 14.9 Å². The van der Waals surface area contributed by atoms with Crippen molar-refractivity contribution in [1.82, 2.24) is 14.9 Å². The Balaban J connectivity index is 1.89. The molecular weight excluding hydrogens is 381 g/mol. The lowest BCUT2D eigenvalue weighted by molar-refractivity contribution is -0.137. The summed E-state index contributed by atoms with van der Waals surface area (Å²) in [7, 11) is 0. The fraction of sp³-hybridized carbons (Fsp3) is 0.476. The molecule has 0 saturated carbocycles. The monoisotopic (exact) mass is 406 g/mol. The number of hydrogen-bond donors (Lipinski definition) is 0. The molecule has 1 aromatic heterocycles. The first-order valence-corrected chi connectivity index (χ1v) is 9.64. The summed E-state index contributed by atoms with van der Waals surface area (Å²) in [6, 6.07) is 5.07. The molecule has 1 fully saturated rings. The first kappa shape index (κ1) is 21.1. The van der Waals surface area contributed by atoms with Crippen molar-refractivity contribution >= 4 is 11.7 Å². The van der Waals surface area contributed by atoms with Crippen molar-refractivity contribution in [2.75, 3.05) is 31.1 Å². The highest BCUT2D eigenvalue weighted by molar-refractivity contribution is 5.78. The summed E-state index contributed by atoms with van der Waals surface area (Å²) in [4.78, 5) is 25.1. The van der Waals surface area contributed by atoms with Gasteiger partial charge in [-0.3, -0.25) is 4.79 Å². The van der Waals surface area contributed by atoms with Crippen LogP contribution in [-0.2, 0) is 11.0 Å². The molecule has 2 heterocycles. The fourth-order valence-corrected chi connectivity index (χ4v) is 3.39. The summed E-state index contributed by atoms with van der Waals surface area (Å²) in [5, 5.41) is 0. The Morgan fingerprint density at radius 2 is 1.72 bits per heavy atom. The number of aromatic nitrogens is 2. The van der Waals surface area contributed by atoms with Gasteiger partial charge in [-0.1, -0.05) is 26.0 Å². The molecule has 8 heteroatoms. The van der Waals surface area contributed by atoms with E-state index in [1.165, 1.54) is 6.07 Å². The van der Waals surface area contributed by atoms with Gasteiger partial charge in [0.15, 0.2) is 5.82 Å². The molecule has 0 aliphatic carbocycles. The van der Waals surface area contributed by atoms with Crippen molar-refractivity contribution < 1.29 is 18.0 Å². The Hall–Kier alpha value is -2.64. The molecule has 29 heavy (non-hydrogen) atoms. The second-order valence-corrected chi connectivity index (χ2v) is 7.63. The minimum absolute atomic E-state index is 0.0444. The summed E-state index contributed by atoms with van der Waals surface area (Å²) >= 11 is 0. The van der Waals surface area contributed by atoms with Crippen LogP contribution in [0.2, 0.25) is 0 Å². The Kier molecular flexibility index (Phi) is 5.82. The van der Waals surface area contributed by atoms with E-state index in [-0.39, 0.29) is 17.6 Å². The number of piperazine rings is 1. The van der Waals surface area contributed by atoms with Crippen molar-refractivity contribution in [2.45, 2.75) is 33.9 Å². The molecule has 0 spiro atoms. The van der Waals surface area contributed by atoms with Crippen molar-refractivity contribution in [3.05, 3.63) is 41.1 Å². The molecule has 1 amide bonds. The average molecular weight is 406 g/mol. The van der Waals surface area contributed by atoms with Gasteiger partial charge in [-0.15, -0.1) is 0 Å². The quantitative estimate of drug-likeness (QED) is 0.771. The number of rotatable bonds is 3. The predicted octanol–water partition coefficient (Wildman–Crippen LogP) is 4.08. The zero-order valence-electron chi connectivity index (χ0n) is 17.0.